The van der Waals surface area contributed by atoms with Crippen LogP contribution in [0.15, 0.2) is 42.5 Å². The molecule has 8 nitrogen and oxygen atoms in total. The molecular formula is C24H24ClN5O3. The molecule has 1 fully saturated rings. The molecule has 0 spiro atoms. The summed E-state index contributed by atoms with van der Waals surface area (Å²) in [5, 5.41) is 20.5. The summed E-state index contributed by atoms with van der Waals surface area (Å²) in [4.78, 5) is 27.3. The average molecular weight is 466 g/mol. The number of hydrogen-bond donors (Lipinski definition) is 0. The van der Waals surface area contributed by atoms with Crippen molar-refractivity contribution in [1.82, 2.24) is 15.1 Å². The quantitative estimate of drug-likeness (QED) is 0.413. The van der Waals surface area contributed by atoms with E-state index in [1.54, 1.807) is 4.90 Å². The second-order valence-corrected chi connectivity index (χ2v) is 8.66. The largest absolute Gasteiger partial charge is 0.352 e. The van der Waals surface area contributed by atoms with Crippen molar-refractivity contribution < 1.29 is 9.72 Å². The molecule has 1 amide bonds. The van der Waals surface area contributed by atoms with Gasteiger partial charge in [-0.2, -0.15) is 0 Å². The Kier molecular flexibility index (Phi) is 6.29. The highest BCUT2D eigenvalue weighted by molar-refractivity contribution is 6.31. The van der Waals surface area contributed by atoms with E-state index in [-0.39, 0.29) is 16.3 Å². The van der Waals surface area contributed by atoms with Crippen LogP contribution in [-0.2, 0) is 0 Å². The molecule has 0 aliphatic carbocycles. The van der Waals surface area contributed by atoms with Crippen molar-refractivity contribution in [2.75, 3.05) is 31.1 Å². The summed E-state index contributed by atoms with van der Waals surface area (Å²) in [6, 6.07) is 12.2. The number of nitrogens with zero attached hydrogens (tertiary/aromatic N) is 5. The van der Waals surface area contributed by atoms with Crippen molar-refractivity contribution in [1.29, 1.82) is 0 Å². The lowest BCUT2D eigenvalue weighted by Gasteiger charge is -2.35. The van der Waals surface area contributed by atoms with Gasteiger partial charge in [0.2, 0.25) is 0 Å². The minimum absolute atomic E-state index is 0.00820. The van der Waals surface area contributed by atoms with Crippen LogP contribution in [0.3, 0.4) is 0 Å². The Hall–Kier alpha value is -3.52. The van der Waals surface area contributed by atoms with Crippen molar-refractivity contribution in [2.24, 2.45) is 0 Å². The van der Waals surface area contributed by atoms with Crippen molar-refractivity contribution in [3.63, 3.8) is 0 Å². The van der Waals surface area contributed by atoms with E-state index in [1.165, 1.54) is 29.3 Å². The van der Waals surface area contributed by atoms with Crippen molar-refractivity contribution in [2.45, 2.75) is 20.8 Å². The molecule has 0 unspecified atom stereocenters. The van der Waals surface area contributed by atoms with Gasteiger partial charge in [0.1, 0.15) is 5.56 Å². The highest BCUT2D eigenvalue weighted by Crippen LogP contribution is 2.27. The lowest BCUT2D eigenvalue weighted by Crippen LogP contribution is -2.49. The Morgan fingerprint density at radius 3 is 2.27 bits per heavy atom. The molecule has 2 aromatic carbocycles. The third-order valence-corrected chi connectivity index (χ3v) is 6.28. The van der Waals surface area contributed by atoms with Crippen LogP contribution in [0.25, 0.3) is 11.3 Å². The number of anilines is 1. The minimum Gasteiger partial charge on any atom is -0.352 e. The van der Waals surface area contributed by atoms with E-state index in [1.807, 2.05) is 12.1 Å². The van der Waals surface area contributed by atoms with E-state index >= 15 is 0 Å². The maximum Gasteiger partial charge on any atom is 0.282 e. The number of amides is 1. The lowest BCUT2D eigenvalue weighted by atomic mass is 9.99. The Balaban J connectivity index is 1.46. The SMILES string of the molecule is Cc1cc(C)c(-c2ccc(N3CCN(C(=O)c4cc(Cl)ccc4[N+](=O)[O-])CC3)nn2)cc1C. The fraction of sp³-hybridized carbons (Fsp3) is 0.292. The van der Waals surface area contributed by atoms with E-state index in [0.717, 1.165) is 22.6 Å². The zero-order valence-corrected chi connectivity index (χ0v) is 19.5. The number of piperazine rings is 1. The number of rotatable bonds is 4. The van der Waals surface area contributed by atoms with Crippen LogP contribution >= 0.6 is 11.6 Å². The van der Waals surface area contributed by atoms with Gasteiger partial charge in [-0.15, -0.1) is 10.2 Å². The summed E-state index contributed by atoms with van der Waals surface area (Å²) in [5.41, 5.74) is 5.27. The average Bonchev–Trinajstić information content (AvgIpc) is 2.81. The Labute approximate surface area is 197 Å². The predicted octanol–water partition coefficient (Wildman–Crippen LogP) is 4.59. The summed E-state index contributed by atoms with van der Waals surface area (Å²) in [7, 11) is 0. The smallest absolute Gasteiger partial charge is 0.282 e. The molecule has 2 heterocycles. The number of nitro groups is 1. The third-order valence-electron chi connectivity index (χ3n) is 6.04. The minimum atomic E-state index is -0.561. The first-order valence-electron chi connectivity index (χ1n) is 10.6. The van der Waals surface area contributed by atoms with Gasteiger partial charge in [-0.25, -0.2) is 0 Å². The highest BCUT2D eigenvalue weighted by atomic mass is 35.5. The molecule has 1 saturated heterocycles. The fourth-order valence-corrected chi connectivity index (χ4v) is 4.19. The number of benzene rings is 2. The highest BCUT2D eigenvalue weighted by Gasteiger charge is 2.28. The molecule has 0 bridgehead atoms. The Morgan fingerprint density at radius 1 is 0.939 bits per heavy atom. The van der Waals surface area contributed by atoms with E-state index in [9.17, 15) is 14.9 Å². The maximum atomic E-state index is 12.9. The molecule has 0 saturated carbocycles. The van der Waals surface area contributed by atoms with Gasteiger partial charge in [-0.3, -0.25) is 14.9 Å². The van der Waals surface area contributed by atoms with Crippen LogP contribution in [-0.4, -0.2) is 52.1 Å². The number of nitro benzene ring substituents is 1. The number of halogens is 1. The van der Waals surface area contributed by atoms with Crippen LogP contribution in [0.2, 0.25) is 5.02 Å². The van der Waals surface area contributed by atoms with Gasteiger partial charge in [0.05, 0.1) is 10.6 Å². The molecule has 1 aromatic heterocycles. The van der Waals surface area contributed by atoms with E-state index < -0.39 is 10.8 Å². The van der Waals surface area contributed by atoms with Gasteiger partial charge < -0.3 is 9.80 Å². The molecule has 9 heteroatoms. The van der Waals surface area contributed by atoms with Crippen LogP contribution in [0.4, 0.5) is 11.5 Å². The molecule has 0 radical (unpaired) electrons. The molecular weight excluding hydrogens is 442 g/mol. The standard InChI is InChI=1S/C24H24ClN5O3/c1-15-12-17(3)19(13-16(15)2)21-5-7-23(27-26-21)28-8-10-29(11-9-28)24(31)20-14-18(25)4-6-22(20)30(32)33/h4-7,12-14H,8-11H2,1-3H3. The van der Waals surface area contributed by atoms with Crippen LogP contribution in [0.5, 0.6) is 0 Å². The number of hydrogen-bond acceptors (Lipinski definition) is 6. The zero-order valence-electron chi connectivity index (χ0n) is 18.7. The van der Waals surface area contributed by atoms with Gasteiger partial charge in [0.25, 0.3) is 11.6 Å². The topological polar surface area (TPSA) is 92.5 Å². The Bertz CT molecular complexity index is 1220. The van der Waals surface area contributed by atoms with Crippen molar-refractivity contribution >= 4 is 29.0 Å². The van der Waals surface area contributed by atoms with E-state index in [0.29, 0.717) is 26.2 Å². The first-order chi connectivity index (χ1) is 15.7. The first-order valence-corrected chi connectivity index (χ1v) is 11.0. The number of aryl methyl sites for hydroxylation is 3. The summed E-state index contributed by atoms with van der Waals surface area (Å²) >= 11 is 5.97. The molecule has 1 aliphatic heterocycles. The zero-order chi connectivity index (χ0) is 23.7. The normalized spacial score (nSPS) is 13.8. The molecule has 0 atom stereocenters. The van der Waals surface area contributed by atoms with Gasteiger partial charge in [0.15, 0.2) is 5.82 Å². The van der Waals surface area contributed by atoms with Gasteiger partial charge >= 0.3 is 0 Å². The number of carbonyl (C=O) groups is 1. The fourth-order valence-electron chi connectivity index (χ4n) is 4.02. The first kappa shape index (κ1) is 22.7. The van der Waals surface area contributed by atoms with Crippen LogP contribution in [0, 0.1) is 30.9 Å². The van der Waals surface area contributed by atoms with E-state index in [2.05, 4.69) is 48.0 Å². The molecule has 170 valence electrons. The second kappa shape index (κ2) is 9.15. The summed E-state index contributed by atoms with van der Waals surface area (Å²) < 4.78 is 0. The maximum absolute atomic E-state index is 12.9. The molecule has 33 heavy (non-hydrogen) atoms. The van der Waals surface area contributed by atoms with Crippen molar-refractivity contribution in [3.8, 4) is 11.3 Å². The molecule has 4 rings (SSSR count). The van der Waals surface area contributed by atoms with Crippen LogP contribution in [0.1, 0.15) is 27.0 Å². The molecule has 3 aromatic rings. The molecule has 0 N–H and O–H groups in total. The predicted molar refractivity (Wildman–Crippen MR) is 128 cm³/mol. The third kappa shape index (κ3) is 4.66. The summed E-state index contributed by atoms with van der Waals surface area (Å²) in [6.45, 7) is 8.19. The van der Waals surface area contributed by atoms with E-state index in [4.69, 9.17) is 11.6 Å². The molecule has 1 aliphatic rings. The number of aromatic nitrogens is 2. The van der Waals surface area contributed by atoms with Gasteiger partial charge in [-0.1, -0.05) is 17.7 Å². The monoisotopic (exact) mass is 465 g/mol. The van der Waals surface area contributed by atoms with Crippen LogP contribution < -0.4 is 4.90 Å². The number of carbonyl (C=O) groups excluding carboxylic acids is 1. The second-order valence-electron chi connectivity index (χ2n) is 8.23. The lowest BCUT2D eigenvalue weighted by molar-refractivity contribution is -0.385. The van der Waals surface area contributed by atoms with Gasteiger partial charge in [-0.05, 0) is 67.8 Å². The van der Waals surface area contributed by atoms with Crippen molar-refractivity contribution in [3.05, 3.63) is 79.9 Å². The summed E-state index contributed by atoms with van der Waals surface area (Å²) in [5.74, 6) is 0.344. The van der Waals surface area contributed by atoms with Gasteiger partial charge in [0, 0.05) is 42.8 Å². The summed E-state index contributed by atoms with van der Waals surface area (Å²) in [6.07, 6.45) is 0. The Morgan fingerprint density at radius 2 is 1.64 bits per heavy atom.